The van der Waals surface area contributed by atoms with Crippen molar-refractivity contribution in [3.05, 3.63) is 43.7 Å². The predicted octanol–water partition coefficient (Wildman–Crippen LogP) is 2.17. The monoisotopic (exact) mass is 186 g/mol. The van der Waals surface area contributed by atoms with Gasteiger partial charge in [0.15, 0.2) is 0 Å². The average Bonchev–Trinajstić information content (AvgIpc) is 2.68. The zero-order chi connectivity index (χ0) is 9.80. The molecule has 0 N–H and O–H groups in total. The largest absolute Gasteiger partial charge is 0.272 e. The van der Waals surface area contributed by atoms with Gasteiger partial charge in [-0.05, 0) is 24.6 Å². The van der Waals surface area contributed by atoms with Crippen LogP contribution in [0.5, 0.6) is 0 Å². The second-order valence-electron chi connectivity index (χ2n) is 3.06. The van der Waals surface area contributed by atoms with Crippen LogP contribution in [0.4, 0.5) is 0 Å². The van der Waals surface area contributed by atoms with E-state index in [1.165, 1.54) is 0 Å². The summed E-state index contributed by atoms with van der Waals surface area (Å²) in [5.41, 5.74) is 2.02. The summed E-state index contributed by atoms with van der Waals surface area (Å²) in [4.78, 5) is 4.05. The number of aromatic nitrogens is 3. The molecule has 0 unspecified atom stereocenters. The number of pyridine rings is 1. The maximum Gasteiger partial charge on any atom is 0.0938 e. The molecule has 3 heteroatoms. The van der Waals surface area contributed by atoms with Crippen molar-refractivity contribution in [3.8, 4) is 11.3 Å². The minimum Gasteiger partial charge on any atom is -0.272 e. The highest BCUT2D eigenvalue weighted by molar-refractivity contribution is 5.56. The van der Waals surface area contributed by atoms with Gasteiger partial charge in [-0.25, -0.2) is 0 Å². The fourth-order valence-corrected chi connectivity index (χ4v) is 1.32. The van der Waals surface area contributed by atoms with Gasteiger partial charge in [0.1, 0.15) is 0 Å². The highest BCUT2D eigenvalue weighted by Gasteiger charge is 2.00. The molecular formula is C11H12N3. The lowest BCUT2D eigenvalue weighted by Crippen LogP contribution is -1.96. The van der Waals surface area contributed by atoms with Gasteiger partial charge in [0.2, 0.25) is 0 Å². The van der Waals surface area contributed by atoms with Crippen LogP contribution >= 0.6 is 0 Å². The first kappa shape index (κ1) is 8.94. The van der Waals surface area contributed by atoms with Crippen LogP contribution in [-0.2, 0) is 6.54 Å². The van der Waals surface area contributed by atoms with Gasteiger partial charge in [-0.15, -0.1) is 0 Å². The molecule has 0 bridgehead atoms. The molecule has 3 nitrogen and oxygen atoms in total. The molecule has 14 heavy (non-hydrogen) atoms. The van der Waals surface area contributed by atoms with E-state index in [2.05, 4.69) is 17.0 Å². The van der Waals surface area contributed by atoms with E-state index < -0.39 is 0 Å². The summed E-state index contributed by atoms with van der Waals surface area (Å²) in [5, 5.41) is 4.41. The number of nitrogens with zero attached hydrogens (tertiary/aromatic N) is 3. The Morgan fingerprint density at radius 2 is 2.29 bits per heavy atom. The normalized spacial score (nSPS) is 10.4. The Labute approximate surface area is 83.4 Å². The van der Waals surface area contributed by atoms with Gasteiger partial charge in [-0.3, -0.25) is 9.67 Å². The van der Waals surface area contributed by atoms with Crippen molar-refractivity contribution < 1.29 is 0 Å². The summed E-state index contributed by atoms with van der Waals surface area (Å²) >= 11 is 0. The third-order valence-electron chi connectivity index (χ3n) is 1.99. The predicted molar refractivity (Wildman–Crippen MR) is 55.4 cm³/mol. The summed E-state index contributed by atoms with van der Waals surface area (Å²) < 4.78 is 1.90. The Hall–Kier alpha value is -1.64. The van der Waals surface area contributed by atoms with Crippen molar-refractivity contribution in [3.63, 3.8) is 0 Å². The van der Waals surface area contributed by atoms with Crippen LogP contribution in [0.2, 0.25) is 0 Å². The zero-order valence-corrected chi connectivity index (χ0v) is 7.93. The molecule has 1 radical (unpaired) electrons. The first-order valence-electron chi connectivity index (χ1n) is 4.63. The number of hydrogen-bond acceptors (Lipinski definition) is 2. The summed E-state index contributed by atoms with van der Waals surface area (Å²) in [6.07, 6.45) is 6.40. The molecule has 2 heterocycles. The van der Waals surface area contributed by atoms with Crippen LogP contribution < -0.4 is 0 Å². The molecule has 0 saturated heterocycles. The topological polar surface area (TPSA) is 30.7 Å². The summed E-state index contributed by atoms with van der Waals surface area (Å²) in [6, 6.07) is 5.91. The molecule has 0 atom stereocenters. The molecular weight excluding hydrogens is 174 g/mol. The molecule has 2 aromatic rings. The summed E-state index contributed by atoms with van der Waals surface area (Å²) in [7, 11) is 0. The van der Waals surface area contributed by atoms with Gasteiger partial charge in [0.25, 0.3) is 0 Å². The lowest BCUT2D eigenvalue weighted by Gasteiger charge is -1.96. The van der Waals surface area contributed by atoms with E-state index >= 15 is 0 Å². The molecule has 0 fully saturated rings. The van der Waals surface area contributed by atoms with Gasteiger partial charge in [-0.1, -0.05) is 6.92 Å². The van der Waals surface area contributed by atoms with Crippen molar-refractivity contribution >= 4 is 0 Å². The molecule has 71 valence electrons. The highest BCUT2D eigenvalue weighted by Crippen LogP contribution is 2.14. The van der Waals surface area contributed by atoms with E-state index in [-0.39, 0.29) is 0 Å². The minimum atomic E-state index is 0.855. The number of aryl methyl sites for hydroxylation is 1. The standard InChI is InChI=1S/C11H12N3/c1-2-7-14-8-5-11(13-14)10-4-3-6-12-9-10/h3-6,8-9H,1-2,7H2. The Morgan fingerprint density at radius 3 is 3.00 bits per heavy atom. The van der Waals surface area contributed by atoms with Crippen molar-refractivity contribution in [2.24, 2.45) is 0 Å². The van der Waals surface area contributed by atoms with Crippen molar-refractivity contribution in [2.45, 2.75) is 13.0 Å². The van der Waals surface area contributed by atoms with Crippen molar-refractivity contribution in [2.75, 3.05) is 0 Å². The van der Waals surface area contributed by atoms with Gasteiger partial charge >= 0.3 is 0 Å². The SMILES string of the molecule is [CH2]CCn1ccc(-c2cccnc2)n1. The smallest absolute Gasteiger partial charge is 0.0938 e. The van der Waals surface area contributed by atoms with Crippen LogP contribution in [0.15, 0.2) is 36.8 Å². The Kier molecular flexibility index (Phi) is 2.58. The lowest BCUT2D eigenvalue weighted by atomic mass is 10.2. The van der Waals surface area contributed by atoms with E-state index in [0.717, 1.165) is 24.2 Å². The first-order chi connectivity index (χ1) is 6.90. The average molecular weight is 186 g/mol. The van der Waals surface area contributed by atoms with Crippen LogP contribution in [0.25, 0.3) is 11.3 Å². The van der Waals surface area contributed by atoms with E-state index in [0.29, 0.717) is 0 Å². The second-order valence-corrected chi connectivity index (χ2v) is 3.06. The van der Waals surface area contributed by atoms with Gasteiger partial charge < -0.3 is 0 Å². The molecule has 2 aromatic heterocycles. The van der Waals surface area contributed by atoms with Crippen molar-refractivity contribution in [1.29, 1.82) is 0 Å². The van der Waals surface area contributed by atoms with E-state index in [1.54, 1.807) is 6.20 Å². The third kappa shape index (κ3) is 1.82. The van der Waals surface area contributed by atoms with E-state index in [4.69, 9.17) is 0 Å². The summed E-state index contributed by atoms with van der Waals surface area (Å²) in [6.45, 7) is 4.65. The highest BCUT2D eigenvalue weighted by atomic mass is 15.3. The van der Waals surface area contributed by atoms with Gasteiger partial charge in [0.05, 0.1) is 5.69 Å². The fraction of sp³-hybridized carbons (Fsp3) is 0.182. The molecule has 0 saturated carbocycles. The fourth-order valence-electron chi connectivity index (χ4n) is 1.32. The Balaban J connectivity index is 2.25. The zero-order valence-electron chi connectivity index (χ0n) is 7.93. The van der Waals surface area contributed by atoms with Crippen LogP contribution in [0, 0.1) is 6.92 Å². The lowest BCUT2D eigenvalue weighted by molar-refractivity contribution is 0.624. The Morgan fingerprint density at radius 1 is 1.36 bits per heavy atom. The third-order valence-corrected chi connectivity index (χ3v) is 1.99. The Bertz CT molecular complexity index is 392. The molecule has 0 spiro atoms. The van der Waals surface area contributed by atoms with E-state index in [1.807, 2.05) is 35.3 Å². The van der Waals surface area contributed by atoms with Gasteiger partial charge in [-0.2, -0.15) is 5.10 Å². The molecule has 0 aliphatic carbocycles. The van der Waals surface area contributed by atoms with Crippen LogP contribution in [-0.4, -0.2) is 14.8 Å². The van der Waals surface area contributed by atoms with Crippen LogP contribution in [0.1, 0.15) is 6.42 Å². The molecule has 0 aliphatic rings. The molecule has 2 rings (SSSR count). The molecule has 0 amide bonds. The number of hydrogen-bond donors (Lipinski definition) is 0. The first-order valence-corrected chi connectivity index (χ1v) is 4.63. The molecule has 0 aliphatic heterocycles. The number of rotatable bonds is 3. The maximum atomic E-state index is 4.41. The van der Waals surface area contributed by atoms with Crippen LogP contribution in [0.3, 0.4) is 0 Å². The maximum absolute atomic E-state index is 4.41. The van der Waals surface area contributed by atoms with E-state index in [9.17, 15) is 0 Å². The quantitative estimate of drug-likeness (QED) is 0.735. The second kappa shape index (κ2) is 4.05. The van der Waals surface area contributed by atoms with Gasteiger partial charge in [0, 0.05) is 30.7 Å². The minimum absolute atomic E-state index is 0.855. The summed E-state index contributed by atoms with van der Waals surface area (Å²) in [5.74, 6) is 0. The molecule has 0 aromatic carbocycles. The van der Waals surface area contributed by atoms with Crippen molar-refractivity contribution in [1.82, 2.24) is 14.8 Å².